The summed E-state index contributed by atoms with van der Waals surface area (Å²) < 4.78 is 0. The lowest BCUT2D eigenvalue weighted by atomic mass is 10.2. The van der Waals surface area contributed by atoms with Crippen LogP contribution >= 0.6 is 12.2 Å². The number of aromatic nitrogens is 2. The van der Waals surface area contributed by atoms with Crippen LogP contribution in [0.25, 0.3) is 10.9 Å². The Morgan fingerprint density at radius 1 is 1.36 bits per heavy atom. The SMILES string of the molecule is S=CNCc1ncc2ccccc2n1. The molecule has 0 atom stereocenters. The molecule has 0 bridgehead atoms. The summed E-state index contributed by atoms with van der Waals surface area (Å²) in [6, 6.07) is 7.90. The van der Waals surface area contributed by atoms with E-state index in [1.165, 1.54) is 5.49 Å². The first-order valence-electron chi connectivity index (χ1n) is 4.28. The predicted octanol–water partition coefficient (Wildman–Crippen LogP) is 1.68. The Bertz CT molecular complexity index is 456. The topological polar surface area (TPSA) is 37.8 Å². The highest BCUT2D eigenvalue weighted by atomic mass is 32.1. The Morgan fingerprint density at radius 2 is 2.21 bits per heavy atom. The van der Waals surface area contributed by atoms with Crippen LogP contribution in [0.5, 0.6) is 0 Å². The van der Waals surface area contributed by atoms with Gasteiger partial charge in [0, 0.05) is 11.6 Å². The van der Waals surface area contributed by atoms with Crippen LogP contribution in [-0.2, 0) is 6.54 Å². The zero-order valence-corrected chi connectivity index (χ0v) is 8.29. The van der Waals surface area contributed by atoms with Gasteiger partial charge >= 0.3 is 0 Å². The number of hydrogen-bond acceptors (Lipinski definition) is 3. The molecule has 1 N–H and O–H groups in total. The van der Waals surface area contributed by atoms with Crippen molar-refractivity contribution in [3.05, 3.63) is 36.3 Å². The van der Waals surface area contributed by atoms with Gasteiger partial charge in [0.05, 0.1) is 17.6 Å². The number of benzene rings is 1. The first-order chi connectivity index (χ1) is 6.90. The van der Waals surface area contributed by atoms with E-state index in [4.69, 9.17) is 0 Å². The quantitative estimate of drug-likeness (QED) is 0.770. The van der Waals surface area contributed by atoms with E-state index >= 15 is 0 Å². The van der Waals surface area contributed by atoms with Gasteiger partial charge in [0.25, 0.3) is 0 Å². The monoisotopic (exact) mass is 203 g/mol. The molecular weight excluding hydrogens is 194 g/mol. The van der Waals surface area contributed by atoms with E-state index in [0.29, 0.717) is 6.54 Å². The Balaban J connectivity index is 2.36. The van der Waals surface area contributed by atoms with Crippen molar-refractivity contribution in [2.75, 3.05) is 0 Å². The molecule has 14 heavy (non-hydrogen) atoms. The van der Waals surface area contributed by atoms with Crippen molar-refractivity contribution in [1.29, 1.82) is 0 Å². The minimum atomic E-state index is 0.578. The number of fused-ring (bicyclic) bond motifs is 1. The van der Waals surface area contributed by atoms with Crippen molar-refractivity contribution < 1.29 is 0 Å². The minimum absolute atomic E-state index is 0.578. The molecule has 0 aliphatic heterocycles. The molecule has 0 saturated carbocycles. The van der Waals surface area contributed by atoms with Crippen LogP contribution in [0.1, 0.15) is 5.82 Å². The summed E-state index contributed by atoms with van der Waals surface area (Å²) in [4.78, 5) is 8.58. The number of rotatable bonds is 3. The van der Waals surface area contributed by atoms with Gasteiger partial charge in [-0.1, -0.05) is 30.4 Å². The van der Waals surface area contributed by atoms with Gasteiger partial charge in [0.1, 0.15) is 5.82 Å². The smallest absolute Gasteiger partial charge is 0.147 e. The van der Waals surface area contributed by atoms with E-state index in [2.05, 4.69) is 27.5 Å². The molecule has 0 radical (unpaired) electrons. The lowest BCUT2D eigenvalue weighted by molar-refractivity contribution is 0.852. The average Bonchev–Trinajstić information content (AvgIpc) is 2.26. The maximum Gasteiger partial charge on any atom is 0.147 e. The molecule has 2 rings (SSSR count). The zero-order chi connectivity index (χ0) is 9.80. The molecule has 3 nitrogen and oxygen atoms in total. The van der Waals surface area contributed by atoms with Crippen LogP contribution in [-0.4, -0.2) is 15.5 Å². The van der Waals surface area contributed by atoms with Gasteiger partial charge < -0.3 is 5.32 Å². The Hall–Kier alpha value is -1.55. The van der Waals surface area contributed by atoms with Gasteiger partial charge in [0.15, 0.2) is 0 Å². The molecule has 0 saturated heterocycles. The summed E-state index contributed by atoms with van der Waals surface area (Å²) in [6.07, 6.45) is 1.82. The highest BCUT2D eigenvalue weighted by Crippen LogP contribution is 2.08. The van der Waals surface area contributed by atoms with Gasteiger partial charge in [-0.05, 0) is 6.07 Å². The van der Waals surface area contributed by atoms with Crippen molar-refractivity contribution in [2.45, 2.75) is 6.54 Å². The van der Waals surface area contributed by atoms with Crippen LogP contribution in [0, 0.1) is 0 Å². The molecule has 0 amide bonds. The maximum absolute atomic E-state index is 4.66. The Morgan fingerprint density at radius 3 is 3.07 bits per heavy atom. The van der Waals surface area contributed by atoms with E-state index in [1.807, 2.05) is 30.5 Å². The first-order valence-corrected chi connectivity index (χ1v) is 4.75. The molecule has 0 spiro atoms. The molecule has 0 fully saturated rings. The van der Waals surface area contributed by atoms with Gasteiger partial charge in [-0.3, -0.25) is 0 Å². The lowest BCUT2D eigenvalue weighted by Gasteiger charge is -2.00. The van der Waals surface area contributed by atoms with Crippen LogP contribution in [0.3, 0.4) is 0 Å². The molecule has 1 aromatic carbocycles. The summed E-state index contributed by atoms with van der Waals surface area (Å²) in [7, 11) is 0. The first kappa shape index (κ1) is 9.02. The Labute approximate surface area is 87.2 Å². The van der Waals surface area contributed by atoms with E-state index in [1.54, 1.807) is 0 Å². The summed E-state index contributed by atoms with van der Waals surface area (Å²) in [6.45, 7) is 0.578. The molecule has 1 heterocycles. The fourth-order valence-electron chi connectivity index (χ4n) is 1.23. The third kappa shape index (κ3) is 1.85. The lowest BCUT2D eigenvalue weighted by Crippen LogP contribution is -2.11. The summed E-state index contributed by atoms with van der Waals surface area (Å²) >= 11 is 4.66. The van der Waals surface area contributed by atoms with Crippen LogP contribution in [0.4, 0.5) is 0 Å². The standard InChI is InChI=1S/C10H9N3S/c14-7-11-6-10-12-5-8-3-1-2-4-9(8)13-10/h1-5,7H,6H2,(H,11,14). The fraction of sp³-hybridized carbons (Fsp3) is 0.100. The normalized spacial score (nSPS) is 10.0. The van der Waals surface area contributed by atoms with E-state index in [-0.39, 0.29) is 0 Å². The molecular formula is C10H9N3S. The number of nitrogens with zero attached hydrogens (tertiary/aromatic N) is 2. The molecule has 4 heteroatoms. The van der Waals surface area contributed by atoms with Crippen LogP contribution in [0.15, 0.2) is 30.5 Å². The third-order valence-corrected chi connectivity index (χ3v) is 2.05. The molecule has 1 aromatic heterocycles. The summed E-state index contributed by atoms with van der Waals surface area (Å²) in [5, 5.41) is 3.95. The molecule has 2 aromatic rings. The minimum Gasteiger partial charge on any atom is -0.375 e. The van der Waals surface area contributed by atoms with Crippen molar-refractivity contribution in [3.8, 4) is 0 Å². The Kier molecular flexibility index (Phi) is 2.65. The summed E-state index contributed by atoms with van der Waals surface area (Å²) in [5.41, 5.74) is 2.43. The number of para-hydroxylation sites is 1. The second kappa shape index (κ2) is 4.11. The fourth-order valence-corrected chi connectivity index (χ4v) is 1.31. The summed E-state index contributed by atoms with van der Waals surface area (Å²) in [5.74, 6) is 0.754. The predicted molar refractivity (Wildman–Crippen MR) is 60.0 cm³/mol. The largest absolute Gasteiger partial charge is 0.375 e. The second-order valence-electron chi connectivity index (χ2n) is 2.84. The van der Waals surface area contributed by atoms with Gasteiger partial charge in [-0.15, -0.1) is 0 Å². The van der Waals surface area contributed by atoms with Crippen molar-refractivity contribution in [1.82, 2.24) is 15.3 Å². The number of hydrogen-bond donors (Lipinski definition) is 1. The zero-order valence-electron chi connectivity index (χ0n) is 7.47. The van der Waals surface area contributed by atoms with Gasteiger partial charge in [-0.2, -0.15) is 0 Å². The maximum atomic E-state index is 4.66. The molecule has 70 valence electrons. The third-order valence-electron chi connectivity index (χ3n) is 1.88. The molecule has 0 aliphatic carbocycles. The highest BCUT2D eigenvalue weighted by molar-refractivity contribution is 7.78. The van der Waals surface area contributed by atoms with Crippen LogP contribution < -0.4 is 5.32 Å². The van der Waals surface area contributed by atoms with Gasteiger partial charge in [0.2, 0.25) is 0 Å². The number of thiocarbonyl (C=S) groups is 1. The van der Waals surface area contributed by atoms with Gasteiger partial charge in [-0.25, -0.2) is 9.97 Å². The van der Waals surface area contributed by atoms with Crippen LogP contribution in [0.2, 0.25) is 0 Å². The molecule has 0 aliphatic rings. The van der Waals surface area contributed by atoms with Crippen molar-refractivity contribution in [2.24, 2.45) is 0 Å². The molecule has 0 unspecified atom stereocenters. The second-order valence-corrected chi connectivity index (χ2v) is 3.08. The highest BCUT2D eigenvalue weighted by Gasteiger charge is 1.97. The van der Waals surface area contributed by atoms with Crippen molar-refractivity contribution in [3.63, 3.8) is 0 Å². The van der Waals surface area contributed by atoms with E-state index in [9.17, 15) is 0 Å². The average molecular weight is 203 g/mol. The van der Waals surface area contributed by atoms with Crippen molar-refractivity contribution >= 4 is 28.6 Å². The van der Waals surface area contributed by atoms with E-state index in [0.717, 1.165) is 16.7 Å². The number of nitrogens with one attached hydrogen (secondary N) is 1. The van der Waals surface area contributed by atoms with E-state index < -0.39 is 0 Å².